The number of anilines is 1. The van der Waals surface area contributed by atoms with E-state index in [1.54, 1.807) is 24.3 Å². The number of carbonyl (C=O) groups is 2. The number of halogens is 1. The minimum absolute atomic E-state index is 0.0361. The van der Waals surface area contributed by atoms with Crippen molar-refractivity contribution in [2.75, 3.05) is 11.9 Å². The summed E-state index contributed by atoms with van der Waals surface area (Å²) >= 11 is 3.50. The Balaban J connectivity index is 1.92. The van der Waals surface area contributed by atoms with Crippen LogP contribution in [0.1, 0.15) is 57.5 Å². The molecule has 2 aromatic rings. The molecule has 29 heavy (non-hydrogen) atoms. The second-order valence-electron chi connectivity index (χ2n) is 9.01. The van der Waals surface area contributed by atoms with Gasteiger partial charge in [0.1, 0.15) is 5.75 Å². The SMILES string of the molecule is CC(C)(C)NC(=O)c1ccc(NC(=O)COc2ccc(C(C)(C)C)cc2Br)cc1. The van der Waals surface area contributed by atoms with E-state index in [0.29, 0.717) is 17.0 Å². The largest absolute Gasteiger partial charge is 0.483 e. The lowest BCUT2D eigenvalue weighted by molar-refractivity contribution is -0.118. The molecule has 0 fully saturated rings. The molecule has 0 heterocycles. The molecule has 0 radical (unpaired) electrons. The Morgan fingerprint density at radius 2 is 1.59 bits per heavy atom. The van der Waals surface area contributed by atoms with Crippen LogP contribution in [0.25, 0.3) is 0 Å². The van der Waals surface area contributed by atoms with Gasteiger partial charge in [0.25, 0.3) is 11.8 Å². The summed E-state index contributed by atoms with van der Waals surface area (Å²) in [6.45, 7) is 12.1. The number of ether oxygens (including phenoxy) is 1. The van der Waals surface area contributed by atoms with Crippen LogP contribution in [0.4, 0.5) is 5.69 Å². The third-order valence-corrected chi connectivity index (χ3v) is 4.70. The highest BCUT2D eigenvalue weighted by atomic mass is 79.9. The highest BCUT2D eigenvalue weighted by Gasteiger charge is 2.17. The van der Waals surface area contributed by atoms with E-state index in [4.69, 9.17) is 4.74 Å². The molecule has 2 amide bonds. The lowest BCUT2D eigenvalue weighted by Crippen LogP contribution is -2.40. The van der Waals surface area contributed by atoms with Gasteiger partial charge in [-0.3, -0.25) is 9.59 Å². The zero-order valence-electron chi connectivity index (χ0n) is 17.9. The van der Waals surface area contributed by atoms with E-state index >= 15 is 0 Å². The van der Waals surface area contributed by atoms with Crippen molar-refractivity contribution in [2.45, 2.75) is 52.5 Å². The Labute approximate surface area is 181 Å². The van der Waals surface area contributed by atoms with E-state index in [9.17, 15) is 9.59 Å². The first kappa shape index (κ1) is 22.9. The number of hydrogen-bond donors (Lipinski definition) is 2. The second-order valence-corrected chi connectivity index (χ2v) is 9.87. The van der Waals surface area contributed by atoms with E-state index in [2.05, 4.69) is 47.3 Å². The number of carbonyl (C=O) groups excluding carboxylic acids is 2. The fraction of sp³-hybridized carbons (Fsp3) is 0.391. The first-order valence-electron chi connectivity index (χ1n) is 9.50. The molecule has 2 aromatic carbocycles. The number of nitrogens with one attached hydrogen (secondary N) is 2. The topological polar surface area (TPSA) is 67.4 Å². The van der Waals surface area contributed by atoms with Gasteiger partial charge >= 0.3 is 0 Å². The molecular weight excluding hydrogens is 432 g/mol. The molecule has 0 saturated heterocycles. The molecule has 0 saturated carbocycles. The Kier molecular flexibility index (Phi) is 7.11. The summed E-state index contributed by atoms with van der Waals surface area (Å²) < 4.78 is 6.44. The average Bonchev–Trinajstić information content (AvgIpc) is 2.59. The molecule has 2 rings (SSSR count). The molecule has 0 aliphatic heterocycles. The van der Waals surface area contributed by atoms with E-state index in [1.807, 2.05) is 39.0 Å². The Morgan fingerprint density at radius 3 is 2.10 bits per heavy atom. The average molecular weight is 461 g/mol. The van der Waals surface area contributed by atoms with Crippen LogP contribution in [-0.4, -0.2) is 24.0 Å². The third-order valence-electron chi connectivity index (χ3n) is 4.08. The van der Waals surface area contributed by atoms with Crippen LogP contribution in [0, 0.1) is 0 Å². The van der Waals surface area contributed by atoms with E-state index < -0.39 is 0 Å². The molecule has 0 aliphatic rings. The molecule has 0 aromatic heterocycles. The van der Waals surface area contributed by atoms with Crippen molar-refractivity contribution < 1.29 is 14.3 Å². The van der Waals surface area contributed by atoms with Gasteiger partial charge in [0.2, 0.25) is 0 Å². The summed E-state index contributed by atoms with van der Waals surface area (Å²) in [6, 6.07) is 12.6. The lowest BCUT2D eigenvalue weighted by atomic mass is 9.87. The standard InChI is InChI=1S/C23H29BrN2O3/c1-22(2,3)16-9-12-19(18(24)13-16)29-14-20(27)25-17-10-7-15(8-11-17)21(28)26-23(4,5)6/h7-13H,14H2,1-6H3,(H,25,27)(H,26,28). The predicted octanol–water partition coefficient (Wildman–Crippen LogP) is 5.29. The predicted molar refractivity (Wildman–Crippen MR) is 121 cm³/mol. The van der Waals surface area contributed by atoms with Crippen LogP contribution in [0.2, 0.25) is 0 Å². The summed E-state index contributed by atoms with van der Waals surface area (Å²) in [5.74, 6) is 0.188. The van der Waals surface area contributed by atoms with Gasteiger partial charge in [-0.25, -0.2) is 0 Å². The van der Waals surface area contributed by atoms with Gasteiger partial charge in [-0.05, 0) is 84.1 Å². The van der Waals surface area contributed by atoms with Gasteiger partial charge in [0.05, 0.1) is 4.47 Å². The van der Waals surface area contributed by atoms with Crippen molar-refractivity contribution in [3.05, 3.63) is 58.1 Å². The van der Waals surface area contributed by atoms with Crippen LogP contribution in [0.15, 0.2) is 46.9 Å². The van der Waals surface area contributed by atoms with Crippen molar-refractivity contribution in [3.8, 4) is 5.75 Å². The molecular formula is C23H29BrN2O3. The van der Waals surface area contributed by atoms with Crippen molar-refractivity contribution >= 4 is 33.4 Å². The Hall–Kier alpha value is -2.34. The van der Waals surface area contributed by atoms with Gasteiger partial charge in [-0.15, -0.1) is 0 Å². The fourth-order valence-corrected chi connectivity index (χ4v) is 3.04. The quantitative estimate of drug-likeness (QED) is 0.636. The summed E-state index contributed by atoms with van der Waals surface area (Å²) in [5.41, 5.74) is 2.05. The normalized spacial score (nSPS) is 11.7. The van der Waals surface area contributed by atoms with E-state index in [-0.39, 0.29) is 29.4 Å². The number of benzene rings is 2. The third kappa shape index (κ3) is 7.20. The fourth-order valence-electron chi connectivity index (χ4n) is 2.54. The van der Waals surface area contributed by atoms with Crippen LogP contribution < -0.4 is 15.4 Å². The summed E-state index contributed by atoms with van der Waals surface area (Å²) in [5, 5.41) is 5.67. The number of rotatable bonds is 5. The van der Waals surface area contributed by atoms with Crippen molar-refractivity contribution in [3.63, 3.8) is 0 Å². The molecule has 0 bridgehead atoms. The van der Waals surface area contributed by atoms with Gasteiger partial charge in [-0.2, -0.15) is 0 Å². The van der Waals surface area contributed by atoms with Crippen LogP contribution in [-0.2, 0) is 10.2 Å². The number of hydrogen-bond acceptors (Lipinski definition) is 3. The van der Waals surface area contributed by atoms with Gasteiger partial charge < -0.3 is 15.4 Å². The molecule has 2 N–H and O–H groups in total. The maximum atomic E-state index is 12.2. The smallest absolute Gasteiger partial charge is 0.262 e. The number of amides is 2. The van der Waals surface area contributed by atoms with Crippen molar-refractivity contribution in [1.29, 1.82) is 0 Å². The molecule has 0 spiro atoms. The second kappa shape index (κ2) is 8.99. The monoisotopic (exact) mass is 460 g/mol. The first-order chi connectivity index (χ1) is 13.3. The minimum atomic E-state index is -0.305. The van der Waals surface area contributed by atoms with Gasteiger partial charge in [0.15, 0.2) is 6.61 Å². The van der Waals surface area contributed by atoms with Crippen molar-refractivity contribution in [1.82, 2.24) is 5.32 Å². The first-order valence-corrected chi connectivity index (χ1v) is 10.3. The maximum Gasteiger partial charge on any atom is 0.262 e. The van der Waals surface area contributed by atoms with Crippen LogP contribution in [0.5, 0.6) is 5.75 Å². The molecule has 0 unspecified atom stereocenters. The highest BCUT2D eigenvalue weighted by Crippen LogP contribution is 2.31. The van der Waals surface area contributed by atoms with E-state index in [1.165, 1.54) is 5.56 Å². The molecule has 156 valence electrons. The lowest BCUT2D eigenvalue weighted by Gasteiger charge is -2.20. The van der Waals surface area contributed by atoms with Gasteiger partial charge in [0, 0.05) is 16.8 Å². The summed E-state index contributed by atoms with van der Waals surface area (Å²) in [4.78, 5) is 24.3. The minimum Gasteiger partial charge on any atom is -0.483 e. The zero-order valence-corrected chi connectivity index (χ0v) is 19.4. The van der Waals surface area contributed by atoms with Crippen LogP contribution in [0.3, 0.4) is 0 Å². The highest BCUT2D eigenvalue weighted by molar-refractivity contribution is 9.10. The van der Waals surface area contributed by atoms with E-state index in [0.717, 1.165) is 4.47 Å². The zero-order chi connectivity index (χ0) is 21.8. The molecule has 5 nitrogen and oxygen atoms in total. The molecule has 0 atom stereocenters. The summed E-state index contributed by atoms with van der Waals surface area (Å²) in [6.07, 6.45) is 0. The Morgan fingerprint density at radius 1 is 0.966 bits per heavy atom. The van der Waals surface area contributed by atoms with Crippen LogP contribution >= 0.6 is 15.9 Å². The molecule has 6 heteroatoms. The Bertz CT molecular complexity index is 878. The van der Waals surface area contributed by atoms with Crippen molar-refractivity contribution in [2.24, 2.45) is 0 Å². The summed E-state index contributed by atoms with van der Waals surface area (Å²) in [7, 11) is 0. The maximum absolute atomic E-state index is 12.2. The van der Waals surface area contributed by atoms with Gasteiger partial charge in [-0.1, -0.05) is 26.8 Å². The molecule has 0 aliphatic carbocycles.